The summed E-state index contributed by atoms with van der Waals surface area (Å²) >= 11 is 1.18. The van der Waals surface area contributed by atoms with Crippen LogP contribution in [0, 0.1) is 5.92 Å². The van der Waals surface area contributed by atoms with E-state index in [1.165, 1.54) is 11.3 Å². The number of sulfone groups is 1. The van der Waals surface area contributed by atoms with Gasteiger partial charge >= 0.3 is 6.03 Å². The highest BCUT2D eigenvalue weighted by Crippen LogP contribution is 2.30. The van der Waals surface area contributed by atoms with E-state index in [0.29, 0.717) is 22.2 Å². The monoisotopic (exact) mass is 366 g/mol. The van der Waals surface area contributed by atoms with Crippen molar-refractivity contribution in [2.24, 2.45) is 5.92 Å². The Morgan fingerprint density at radius 1 is 1.04 bits per heavy atom. The fraction of sp³-hybridized carbons (Fsp3) is 0.353. The Hall–Kier alpha value is -1.86. The van der Waals surface area contributed by atoms with Crippen LogP contribution in [0.5, 0.6) is 0 Å². The minimum absolute atomic E-state index is 0.0220. The lowest BCUT2D eigenvalue weighted by Crippen LogP contribution is -2.40. The molecule has 2 N–H and O–H groups in total. The maximum atomic E-state index is 12.9. The van der Waals surface area contributed by atoms with Crippen molar-refractivity contribution in [2.75, 3.05) is 13.1 Å². The van der Waals surface area contributed by atoms with Crippen LogP contribution < -0.4 is 10.6 Å². The van der Waals surface area contributed by atoms with Gasteiger partial charge in [0.25, 0.3) is 0 Å². The standard InChI is InChI=1S/C17H22N2O3S2/c1-13(2)11-18-17(20)19-12-15(14-7-4-3-5-8-14)24(21,22)16-9-6-10-23-16/h3-10,13,15H,11-12H2,1-2H3,(H2,18,19,20). The molecule has 0 radical (unpaired) electrons. The summed E-state index contributed by atoms with van der Waals surface area (Å²) < 4.78 is 26.1. The highest BCUT2D eigenvalue weighted by atomic mass is 32.2. The van der Waals surface area contributed by atoms with Crippen molar-refractivity contribution in [3.8, 4) is 0 Å². The fourth-order valence-corrected chi connectivity index (χ4v) is 5.05. The summed E-state index contributed by atoms with van der Waals surface area (Å²) in [5.41, 5.74) is 0.662. The van der Waals surface area contributed by atoms with Gasteiger partial charge in [-0.3, -0.25) is 0 Å². The van der Waals surface area contributed by atoms with Gasteiger partial charge in [0, 0.05) is 13.1 Å². The van der Waals surface area contributed by atoms with Gasteiger partial charge in [-0.25, -0.2) is 13.2 Å². The zero-order valence-electron chi connectivity index (χ0n) is 13.7. The number of carbonyl (C=O) groups excluding carboxylic acids is 1. The summed E-state index contributed by atoms with van der Waals surface area (Å²) in [5, 5.41) is 6.33. The van der Waals surface area contributed by atoms with Gasteiger partial charge in [0.1, 0.15) is 9.46 Å². The highest BCUT2D eigenvalue weighted by Gasteiger charge is 2.30. The zero-order chi connectivity index (χ0) is 17.6. The van der Waals surface area contributed by atoms with E-state index in [1.807, 2.05) is 19.9 Å². The molecule has 1 unspecified atom stereocenters. The molecule has 2 rings (SSSR count). The summed E-state index contributed by atoms with van der Waals surface area (Å²) in [5.74, 6) is 0.329. The average Bonchev–Trinajstić information content (AvgIpc) is 3.09. The number of carbonyl (C=O) groups is 1. The summed E-state index contributed by atoms with van der Waals surface area (Å²) in [6.45, 7) is 4.55. The first-order valence-electron chi connectivity index (χ1n) is 7.75. The number of rotatable bonds is 7. The molecule has 0 spiro atoms. The van der Waals surface area contributed by atoms with Crippen LogP contribution in [0.4, 0.5) is 4.79 Å². The number of hydrogen-bond donors (Lipinski definition) is 2. The number of urea groups is 1. The van der Waals surface area contributed by atoms with E-state index >= 15 is 0 Å². The van der Waals surface area contributed by atoms with E-state index in [2.05, 4.69) is 10.6 Å². The summed E-state index contributed by atoms with van der Waals surface area (Å²) in [6.07, 6.45) is 0. The molecule has 1 aromatic heterocycles. The Morgan fingerprint density at radius 2 is 1.71 bits per heavy atom. The molecule has 0 aliphatic rings. The van der Waals surface area contributed by atoms with Crippen LogP contribution in [0.25, 0.3) is 0 Å². The van der Waals surface area contributed by atoms with Gasteiger partial charge in [0.2, 0.25) is 0 Å². The van der Waals surface area contributed by atoms with Crippen LogP contribution in [0.2, 0.25) is 0 Å². The molecule has 130 valence electrons. The number of amides is 2. The van der Waals surface area contributed by atoms with E-state index < -0.39 is 15.1 Å². The van der Waals surface area contributed by atoms with E-state index in [-0.39, 0.29) is 12.6 Å². The third-order valence-corrected chi connectivity index (χ3v) is 6.97. The molecule has 5 nitrogen and oxygen atoms in total. The maximum absolute atomic E-state index is 12.9. The van der Waals surface area contributed by atoms with Gasteiger partial charge < -0.3 is 10.6 Å². The zero-order valence-corrected chi connectivity index (χ0v) is 15.4. The molecule has 1 atom stereocenters. The van der Waals surface area contributed by atoms with E-state index in [0.717, 1.165) is 0 Å². The molecule has 1 aromatic carbocycles. The third-order valence-electron chi connectivity index (χ3n) is 3.44. The quantitative estimate of drug-likeness (QED) is 0.790. The molecular formula is C17H22N2O3S2. The fourth-order valence-electron chi connectivity index (χ4n) is 2.18. The van der Waals surface area contributed by atoms with Crippen LogP contribution in [0.15, 0.2) is 52.1 Å². The first kappa shape index (κ1) is 18.5. The van der Waals surface area contributed by atoms with Gasteiger partial charge in [-0.2, -0.15) is 0 Å². The minimum atomic E-state index is -3.56. The predicted octanol–water partition coefficient (Wildman–Crippen LogP) is 3.22. The number of thiophene rings is 1. The SMILES string of the molecule is CC(C)CNC(=O)NCC(c1ccccc1)S(=O)(=O)c1cccs1. The second-order valence-corrected chi connectivity index (χ2v) is 9.17. The number of hydrogen-bond acceptors (Lipinski definition) is 4. The van der Waals surface area contributed by atoms with Crippen molar-refractivity contribution < 1.29 is 13.2 Å². The van der Waals surface area contributed by atoms with Crippen molar-refractivity contribution in [1.29, 1.82) is 0 Å². The molecule has 24 heavy (non-hydrogen) atoms. The van der Waals surface area contributed by atoms with Crippen molar-refractivity contribution >= 4 is 27.2 Å². The lowest BCUT2D eigenvalue weighted by Gasteiger charge is -2.18. The Bertz CT molecular complexity index is 741. The lowest BCUT2D eigenvalue weighted by molar-refractivity contribution is 0.239. The van der Waals surface area contributed by atoms with E-state index in [9.17, 15) is 13.2 Å². The Kier molecular flexibility index (Phi) is 6.39. The molecule has 2 aromatic rings. The smallest absolute Gasteiger partial charge is 0.314 e. The molecule has 2 amide bonds. The van der Waals surface area contributed by atoms with Crippen LogP contribution >= 0.6 is 11.3 Å². The molecule has 1 heterocycles. The molecule has 0 aliphatic carbocycles. The average molecular weight is 367 g/mol. The Labute approximate surface area is 147 Å². The molecule has 7 heteroatoms. The largest absolute Gasteiger partial charge is 0.338 e. The Balaban J connectivity index is 2.18. The third kappa shape index (κ3) is 4.82. The van der Waals surface area contributed by atoms with Crippen LogP contribution in [0.1, 0.15) is 24.7 Å². The minimum Gasteiger partial charge on any atom is -0.338 e. The van der Waals surface area contributed by atoms with Gasteiger partial charge in [0.05, 0.1) is 0 Å². The van der Waals surface area contributed by atoms with E-state index in [1.54, 1.807) is 41.8 Å². The number of nitrogens with one attached hydrogen (secondary N) is 2. The van der Waals surface area contributed by atoms with Gasteiger partial charge in [-0.15, -0.1) is 11.3 Å². The summed E-state index contributed by atoms with van der Waals surface area (Å²) in [4.78, 5) is 11.9. The van der Waals surface area contributed by atoms with Crippen LogP contribution in [-0.4, -0.2) is 27.5 Å². The Morgan fingerprint density at radius 3 is 2.29 bits per heavy atom. The first-order chi connectivity index (χ1) is 11.4. The molecule has 0 saturated heterocycles. The summed E-state index contributed by atoms with van der Waals surface area (Å²) in [7, 11) is -3.56. The molecule has 0 fully saturated rings. The number of benzene rings is 1. The summed E-state index contributed by atoms with van der Waals surface area (Å²) in [6, 6.07) is 11.9. The second kappa shape index (κ2) is 8.30. The van der Waals surface area contributed by atoms with Gasteiger partial charge in [0.15, 0.2) is 9.84 Å². The maximum Gasteiger partial charge on any atom is 0.314 e. The van der Waals surface area contributed by atoms with E-state index in [4.69, 9.17) is 0 Å². The van der Waals surface area contributed by atoms with Crippen molar-refractivity contribution in [3.63, 3.8) is 0 Å². The molecule has 0 saturated carbocycles. The van der Waals surface area contributed by atoms with Gasteiger partial charge in [-0.05, 0) is 22.9 Å². The van der Waals surface area contributed by atoms with Crippen LogP contribution in [-0.2, 0) is 9.84 Å². The topological polar surface area (TPSA) is 75.3 Å². The van der Waals surface area contributed by atoms with Gasteiger partial charge in [-0.1, -0.05) is 50.2 Å². The van der Waals surface area contributed by atoms with Crippen molar-refractivity contribution in [2.45, 2.75) is 23.3 Å². The molecular weight excluding hydrogens is 344 g/mol. The molecule has 0 aliphatic heterocycles. The second-order valence-electron chi connectivity index (χ2n) is 5.86. The first-order valence-corrected chi connectivity index (χ1v) is 10.2. The van der Waals surface area contributed by atoms with Crippen molar-refractivity contribution in [1.82, 2.24) is 10.6 Å². The van der Waals surface area contributed by atoms with Crippen molar-refractivity contribution in [3.05, 3.63) is 53.4 Å². The highest BCUT2D eigenvalue weighted by molar-refractivity contribution is 7.93. The molecule has 0 bridgehead atoms. The normalized spacial score (nSPS) is 12.8. The van der Waals surface area contributed by atoms with Crippen LogP contribution in [0.3, 0.4) is 0 Å². The predicted molar refractivity (Wildman–Crippen MR) is 96.9 cm³/mol. The lowest BCUT2D eigenvalue weighted by atomic mass is 10.1.